The molecule has 1 aliphatic carbocycles. The normalized spacial score (nSPS) is 18.0. The number of hydrogen-bond donors (Lipinski definition) is 2. The zero-order valence-electron chi connectivity index (χ0n) is 17.5. The lowest BCUT2D eigenvalue weighted by molar-refractivity contribution is -0.118. The van der Waals surface area contributed by atoms with Gasteiger partial charge in [-0.2, -0.15) is 5.10 Å². The third-order valence-electron chi connectivity index (χ3n) is 5.83. The van der Waals surface area contributed by atoms with E-state index in [4.69, 9.17) is 0 Å². The summed E-state index contributed by atoms with van der Waals surface area (Å²) in [4.78, 5) is 23.1. The molecule has 8 nitrogen and oxygen atoms in total. The van der Waals surface area contributed by atoms with Crippen molar-refractivity contribution in [2.75, 3.05) is 22.6 Å². The Morgan fingerprint density at radius 1 is 1.23 bits per heavy atom. The molecule has 1 amide bonds. The highest BCUT2D eigenvalue weighted by molar-refractivity contribution is 6.04. The maximum absolute atomic E-state index is 13.3. The summed E-state index contributed by atoms with van der Waals surface area (Å²) in [6, 6.07) is 3.33. The van der Waals surface area contributed by atoms with Gasteiger partial charge in [0.05, 0.1) is 36.0 Å². The smallest absolute Gasteiger partial charge is 0.247 e. The van der Waals surface area contributed by atoms with Gasteiger partial charge in [0.1, 0.15) is 17.7 Å². The summed E-state index contributed by atoms with van der Waals surface area (Å²) in [6.45, 7) is 2.91. The van der Waals surface area contributed by atoms with E-state index in [1.54, 1.807) is 17.1 Å². The largest absolute Gasteiger partial charge is 0.366 e. The van der Waals surface area contributed by atoms with Crippen molar-refractivity contribution >= 4 is 23.1 Å². The summed E-state index contributed by atoms with van der Waals surface area (Å²) in [6.07, 6.45) is 8.71. The third-order valence-corrected chi connectivity index (χ3v) is 5.83. The minimum Gasteiger partial charge on any atom is -0.366 e. The number of carbonyl (C=O) groups is 1. The molecule has 0 bridgehead atoms. The second kappa shape index (κ2) is 7.64. The maximum Gasteiger partial charge on any atom is 0.247 e. The van der Waals surface area contributed by atoms with Gasteiger partial charge in [0.2, 0.25) is 5.91 Å². The molecule has 5 rings (SSSR count). The molecule has 1 fully saturated rings. The Kier molecular flexibility index (Phi) is 4.80. The minimum absolute atomic E-state index is 0.0593. The van der Waals surface area contributed by atoms with Gasteiger partial charge in [-0.1, -0.05) is 0 Å². The average molecular weight is 421 g/mol. The summed E-state index contributed by atoms with van der Waals surface area (Å²) in [5.41, 5.74) is 4.29. The lowest BCUT2D eigenvalue weighted by atomic mass is 10.0. The van der Waals surface area contributed by atoms with Crippen LogP contribution < -0.4 is 15.5 Å². The number of anilines is 3. The number of aryl methyl sites for hydroxylation is 1. The van der Waals surface area contributed by atoms with Crippen LogP contribution in [0.1, 0.15) is 29.7 Å². The highest BCUT2D eigenvalue weighted by Gasteiger charge is 2.42. The number of hydrogen-bond acceptors (Lipinski definition) is 6. The molecule has 160 valence electrons. The molecule has 0 radical (unpaired) electrons. The molecule has 4 heterocycles. The summed E-state index contributed by atoms with van der Waals surface area (Å²) in [5.74, 6) is 0.882. The van der Waals surface area contributed by atoms with Gasteiger partial charge in [0.25, 0.3) is 0 Å². The number of fused-ring (bicyclic) bond motifs is 1. The fraction of sp³-hybridized carbons (Fsp3) is 0.364. The van der Waals surface area contributed by atoms with E-state index >= 15 is 0 Å². The Hall–Kier alpha value is -3.49. The number of pyridine rings is 2. The highest BCUT2D eigenvalue weighted by atomic mass is 19.1. The Morgan fingerprint density at radius 2 is 2.06 bits per heavy atom. The van der Waals surface area contributed by atoms with Gasteiger partial charge in [-0.05, 0) is 37.3 Å². The van der Waals surface area contributed by atoms with Crippen molar-refractivity contribution in [3.63, 3.8) is 0 Å². The van der Waals surface area contributed by atoms with Crippen LogP contribution >= 0.6 is 0 Å². The van der Waals surface area contributed by atoms with Gasteiger partial charge in [-0.15, -0.1) is 0 Å². The predicted octanol–water partition coefficient (Wildman–Crippen LogP) is 2.95. The van der Waals surface area contributed by atoms with Crippen molar-refractivity contribution in [1.29, 1.82) is 0 Å². The van der Waals surface area contributed by atoms with E-state index in [9.17, 15) is 9.18 Å². The average Bonchev–Trinajstić information content (AvgIpc) is 3.46. The predicted molar refractivity (Wildman–Crippen MR) is 115 cm³/mol. The molecular formula is C22H24FN7O. The molecular weight excluding hydrogens is 397 g/mol. The number of halogens is 1. The van der Waals surface area contributed by atoms with Gasteiger partial charge in [-0.25, -0.2) is 9.37 Å². The molecule has 3 aromatic rings. The number of rotatable bonds is 6. The monoisotopic (exact) mass is 421 g/mol. The number of likely N-dealkylation sites (N-methyl/N-ethyl adjacent to an activating group) is 1. The first-order valence-corrected chi connectivity index (χ1v) is 10.4. The summed E-state index contributed by atoms with van der Waals surface area (Å²) < 4.78 is 15.1. The van der Waals surface area contributed by atoms with Crippen molar-refractivity contribution < 1.29 is 9.18 Å². The van der Waals surface area contributed by atoms with Gasteiger partial charge in [-0.3, -0.25) is 14.5 Å². The Labute approximate surface area is 179 Å². The van der Waals surface area contributed by atoms with Gasteiger partial charge in [0, 0.05) is 37.6 Å². The molecule has 2 N–H and O–H groups in total. The minimum atomic E-state index is -0.356. The van der Waals surface area contributed by atoms with Gasteiger partial charge >= 0.3 is 0 Å². The molecule has 0 spiro atoms. The van der Waals surface area contributed by atoms with Crippen LogP contribution in [-0.2, 0) is 17.9 Å². The van der Waals surface area contributed by atoms with E-state index in [-0.39, 0.29) is 17.8 Å². The van der Waals surface area contributed by atoms with Crippen molar-refractivity contribution in [3.8, 4) is 0 Å². The molecule has 2 aliphatic rings. The van der Waals surface area contributed by atoms with E-state index < -0.39 is 0 Å². The van der Waals surface area contributed by atoms with Crippen LogP contribution in [0.4, 0.5) is 21.6 Å². The van der Waals surface area contributed by atoms with E-state index in [1.165, 1.54) is 12.3 Å². The van der Waals surface area contributed by atoms with Crippen LogP contribution in [0, 0.1) is 18.7 Å². The second-order valence-electron chi connectivity index (χ2n) is 8.28. The number of amides is 1. The Morgan fingerprint density at radius 3 is 2.84 bits per heavy atom. The fourth-order valence-corrected chi connectivity index (χ4v) is 4.15. The summed E-state index contributed by atoms with van der Waals surface area (Å²) in [7, 11) is 1.98. The molecule has 0 saturated heterocycles. The number of nitrogens with one attached hydrogen (secondary N) is 2. The van der Waals surface area contributed by atoms with Crippen LogP contribution in [0.5, 0.6) is 0 Å². The lowest BCUT2D eigenvalue weighted by Gasteiger charge is -2.36. The first kappa shape index (κ1) is 19.5. The molecule has 31 heavy (non-hydrogen) atoms. The fourth-order valence-electron chi connectivity index (χ4n) is 4.15. The van der Waals surface area contributed by atoms with Crippen molar-refractivity contribution in [1.82, 2.24) is 19.7 Å². The standard InChI is InChI=1S/C22H24FN7O/c1-13-20-18(29(2)21(16-3-4-16)22(31)28-20)6-19(27-13)25-8-15-9-26-30(12-15)11-14-5-17(23)10-24-7-14/h5-7,9-10,12,16,21H,3-4,8,11H2,1-2H3,(H,25,27)(H,28,31)/t21-/m0/s1. The quantitative estimate of drug-likeness (QED) is 0.636. The van der Waals surface area contributed by atoms with Gasteiger partial charge < -0.3 is 15.5 Å². The van der Waals surface area contributed by atoms with Crippen LogP contribution in [0.25, 0.3) is 0 Å². The van der Waals surface area contributed by atoms with Crippen LogP contribution in [0.15, 0.2) is 36.9 Å². The van der Waals surface area contributed by atoms with E-state index in [0.29, 0.717) is 19.0 Å². The van der Waals surface area contributed by atoms with E-state index in [1.807, 2.05) is 26.2 Å². The first-order chi connectivity index (χ1) is 15.0. The SMILES string of the molecule is Cc1nc(NCc2cnn(Cc3cncc(F)c3)c2)cc2c1NC(=O)[C@H](C1CC1)N2C. The number of nitrogens with zero attached hydrogens (tertiary/aromatic N) is 5. The Bertz CT molecular complexity index is 1140. The number of carbonyl (C=O) groups excluding carboxylic acids is 1. The van der Waals surface area contributed by atoms with Crippen LogP contribution in [0.3, 0.4) is 0 Å². The molecule has 3 aromatic heterocycles. The second-order valence-corrected chi connectivity index (χ2v) is 8.28. The summed E-state index contributed by atoms with van der Waals surface area (Å²) >= 11 is 0. The zero-order valence-corrected chi connectivity index (χ0v) is 17.5. The van der Waals surface area contributed by atoms with Gasteiger partial charge in [0.15, 0.2) is 0 Å². The maximum atomic E-state index is 13.3. The van der Waals surface area contributed by atoms with E-state index in [2.05, 4.69) is 30.6 Å². The van der Waals surface area contributed by atoms with Crippen molar-refractivity contribution in [2.24, 2.45) is 5.92 Å². The molecule has 0 aromatic carbocycles. The number of aromatic nitrogens is 4. The van der Waals surface area contributed by atoms with E-state index in [0.717, 1.165) is 46.9 Å². The van der Waals surface area contributed by atoms with Crippen molar-refractivity contribution in [2.45, 2.75) is 38.9 Å². The summed E-state index contributed by atoms with van der Waals surface area (Å²) in [5, 5.41) is 10.7. The molecule has 9 heteroatoms. The first-order valence-electron chi connectivity index (χ1n) is 10.4. The van der Waals surface area contributed by atoms with Crippen LogP contribution in [0.2, 0.25) is 0 Å². The molecule has 1 atom stereocenters. The van der Waals surface area contributed by atoms with Crippen molar-refractivity contribution in [3.05, 3.63) is 59.6 Å². The third kappa shape index (κ3) is 3.95. The Balaban J connectivity index is 1.29. The highest BCUT2D eigenvalue weighted by Crippen LogP contribution is 2.42. The molecule has 1 saturated carbocycles. The topological polar surface area (TPSA) is 88.0 Å². The zero-order chi connectivity index (χ0) is 21.5. The lowest BCUT2D eigenvalue weighted by Crippen LogP contribution is -2.47. The molecule has 0 unspecified atom stereocenters. The van der Waals surface area contributed by atoms with Crippen LogP contribution in [-0.4, -0.2) is 38.7 Å². The molecule has 1 aliphatic heterocycles.